The van der Waals surface area contributed by atoms with Crippen molar-refractivity contribution in [3.8, 4) is 0 Å². The Kier molecular flexibility index (Phi) is 6.50. The van der Waals surface area contributed by atoms with Crippen molar-refractivity contribution in [3.05, 3.63) is 75.8 Å². The topological polar surface area (TPSA) is 29.1 Å². The van der Waals surface area contributed by atoms with Crippen molar-refractivity contribution in [2.45, 2.75) is 12.8 Å². The molecule has 0 saturated carbocycles. The third-order valence-electron chi connectivity index (χ3n) is 3.16. The largest absolute Gasteiger partial charge is 0.353 e. The number of aryl methyl sites for hydroxylation is 1. The first kappa shape index (κ1) is 16.6. The van der Waals surface area contributed by atoms with Crippen molar-refractivity contribution in [2.75, 3.05) is 6.54 Å². The van der Waals surface area contributed by atoms with Crippen LogP contribution in [0.4, 0.5) is 0 Å². The van der Waals surface area contributed by atoms with Gasteiger partial charge in [-0.25, -0.2) is 0 Å². The van der Waals surface area contributed by atoms with E-state index in [2.05, 4.69) is 17.4 Å². The predicted octanol–water partition coefficient (Wildman–Crippen LogP) is 4.76. The van der Waals surface area contributed by atoms with Crippen LogP contribution in [0.2, 0.25) is 10.0 Å². The summed E-state index contributed by atoms with van der Waals surface area (Å²) in [6.07, 6.45) is 5.09. The maximum absolute atomic E-state index is 11.7. The van der Waals surface area contributed by atoms with Gasteiger partial charge in [0.2, 0.25) is 5.91 Å². The predicted molar refractivity (Wildman–Crippen MR) is 93.3 cm³/mol. The Morgan fingerprint density at radius 3 is 2.55 bits per heavy atom. The highest BCUT2D eigenvalue weighted by atomic mass is 35.5. The van der Waals surface area contributed by atoms with Crippen LogP contribution >= 0.6 is 23.2 Å². The highest BCUT2D eigenvalue weighted by molar-refractivity contribution is 6.42. The van der Waals surface area contributed by atoms with E-state index in [4.69, 9.17) is 23.2 Å². The van der Waals surface area contributed by atoms with E-state index >= 15 is 0 Å². The van der Waals surface area contributed by atoms with Crippen molar-refractivity contribution >= 4 is 35.2 Å². The van der Waals surface area contributed by atoms with Crippen LogP contribution in [0.25, 0.3) is 6.08 Å². The molecule has 0 radical (unpaired) electrons. The Labute approximate surface area is 140 Å². The molecule has 114 valence electrons. The SMILES string of the molecule is O=C(/C=C/c1ccc(Cl)c(Cl)c1)NCCCc1ccccc1. The molecule has 0 aromatic heterocycles. The third-order valence-corrected chi connectivity index (χ3v) is 3.89. The van der Waals surface area contributed by atoms with Gasteiger partial charge < -0.3 is 5.32 Å². The van der Waals surface area contributed by atoms with Crippen LogP contribution in [0.15, 0.2) is 54.6 Å². The van der Waals surface area contributed by atoms with Crippen LogP contribution in [0, 0.1) is 0 Å². The van der Waals surface area contributed by atoms with E-state index in [1.165, 1.54) is 11.6 Å². The van der Waals surface area contributed by atoms with Crippen LogP contribution < -0.4 is 5.32 Å². The maximum atomic E-state index is 11.7. The van der Waals surface area contributed by atoms with Gasteiger partial charge in [-0.3, -0.25) is 4.79 Å². The molecule has 0 fully saturated rings. The molecule has 0 aliphatic rings. The minimum absolute atomic E-state index is 0.112. The zero-order chi connectivity index (χ0) is 15.8. The van der Waals surface area contributed by atoms with E-state index < -0.39 is 0 Å². The van der Waals surface area contributed by atoms with Crippen molar-refractivity contribution in [2.24, 2.45) is 0 Å². The first-order chi connectivity index (χ1) is 10.6. The normalized spacial score (nSPS) is 10.8. The lowest BCUT2D eigenvalue weighted by Crippen LogP contribution is -2.22. The van der Waals surface area contributed by atoms with Gasteiger partial charge in [0.25, 0.3) is 0 Å². The third kappa shape index (κ3) is 5.55. The van der Waals surface area contributed by atoms with Crippen molar-refractivity contribution < 1.29 is 4.79 Å². The standard InChI is InChI=1S/C18H17Cl2NO/c19-16-10-8-15(13-17(16)20)9-11-18(22)21-12-4-7-14-5-2-1-3-6-14/h1-3,5-6,8-11,13H,4,7,12H2,(H,21,22)/b11-9+. The number of rotatable bonds is 6. The quantitative estimate of drug-likeness (QED) is 0.599. The summed E-state index contributed by atoms with van der Waals surface area (Å²) in [6, 6.07) is 15.5. The van der Waals surface area contributed by atoms with Crippen LogP contribution in [0.1, 0.15) is 17.5 Å². The lowest BCUT2D eigenvalue weighted by molar-refractivity contribution is -0.116. The molecular weight excluding hydrogens is 317 g/mol. The van der Waals surface area contributed by atoms with Crippen molar-refractivity contribution in [3.63, 3.8) is 0 Å². The molecule has 2 aromatic rings. The highest BCUT2D eigenvalue weighted by Gasteiger charge is 1.99. The molecule has 2 rings (SSSR count). The summed E-state index contributed by atoms with van der Waals surface area (Å²) in [5, 5.41) is 3.85. The molecule has 0 unspecified atom stereocenters. The lowest BCUT2D eigenvalue weighted by atomic mass is 10.1. The molecule has 4 heteroatoms. The fourth-order valence-electron chi connectivity index (χ4n) is 2.00. The monoisotopic (exact) mass is 333 g/mol. The van der Waals surface area contributed by atoms with E-state index in [0.29, 0.717) is 16.6 Å². The highest BCUT2D eigenvalue weighted by Crippen LogP contribution is 2.23. The van der Waals surface area contributed by atoms with Gasteiger partial charge in [-0.1, -0.05) is 59.6 Å². The van der Waals surface area contributed by atoms with Gasteiger partial charge in [-0.2, -0.15) is 0 Å². The Bertz CT molecular complexity index is 653. The van der Waals surface area contributed by atoms with Gasteiger partial charge in [-0.05, 0) is 42.2 Å². The van der Waals surface area contributed by atoms with Crippen LogP contribution in [-0.4, -0.2) is 12.5 Å². The van der Waals surface area contributed by atoms with Crippen LogP contribution in [-0.2, 0) is 11.2 Å². The van der Waals surface area contributed by atoms with Gasteiger partial charge in [0.1, 0.15) is 0 Å². The summed E-state index contributed by atoms with van der Waals surface area (Å²) in [7, 11) is 0. The Morgan fingerprint density at radius 1 is 1.05 bits per heavy atom. The number of carbonyl (C=O) groups is 1. The molecule has 2 aromatic carbocycles. The van der Waals surface area contributed by atoms with Gasteiger partial charge in [0.15, 0.2) is 0 Å². The number of amides is 1. The van der Waals surface area contributed by atoms with E-state index in [1.807, 2.05) is 24.3 Å². The Balaban J connectivity index is 1.73. The maximum Gasteiger partial charge on any atom is 0.243 e. The number of halogens is 2. The number of benzene rings is 2. The second-order valence-electron chi connectivity index (χ2n) is 4.89. The summed E-state index contributed by atoms with van der Waals surface area (Å²) in [5.41, 5.74) is 2.12. The zero-order valence-corrected chi connectivity index (χ0v) is 13.6. The van der Waals surface area contributed by atoms with Gasteiger partial charge in [0, 0.05) is 12.6 Å². The van der Waals surface area contributed by atoms with Gasteiger partial charge in [-0.15, -0.1) is 0 Å². The summed E-state index contributed by atoms with van der Waals surface area (Å²) in [6.45, 7) is 0.652. The number of carbonyl (C=O) groups excluding carboxylic acids is 1. The summed E-state index contributed by atoms with van der Waals surface area (Å²) >= 11 is 11.8. The molecule has 0 aliphatic heterocycles. The fourth-order valence-corrected chi connectivity index (χ4v) is 2.30. The molecule has 2 nitrogen and oxygen atoms in total. The Morgan fingerprint density at radius 2 is 1.82 bits per heavy atom. The summed E-state index contributed by atoms with van der Waals surface area (Å²) < 4.78 is 0. The van der Waals surface area contributed by atoms with E-state index in [0.717, 1.165) is 18.4 Å². The molecule has 0 aliphatic carbocycles. The lowest BCUT2D eigenvalue weighted by Gasteiger charge is -2.03. The number of nitrogens with one attached hydrogen (secondary N) is 1. The first-order valence-electron chi connectivity index (χ1n) is 7.10. The van der Waals surface area contributed by atoms with Crippen molar-refractivity contribution in [1.82, 2.24) is 5.32 Å². The molecule has 22 heavy (non-hydrogen) atoms. The molecule has 0 saturated heterocycles. The smallest absolute Gasteiger partial charge is 0.243 e. The second kappa shape index (κ2) is 8.62. The van der Waals surface area contributed by atoms with Gasteiger partial charge >= 0.3 is 0 Å². The average molecular weight is 334 g/mol. The van der Waals surface area contributed by atoms with Gasteiger partial charge in [0.05, 0.1) is 10.0 Å². The van der Waals surface area contributed by atoms with E-state index in [9.17, 15) is 4.79 Å². The van der Waals surface area contributed by atoms with Crippen molar-refractivity contribution in [1.29, 1.82) is 0 Å². The fraction of sp³-hybridized carbons (Fsp3) is 0.167. The molecule has 0 atom stereocenters. The zero-order valence-electron chi connectivity index (χ0n) is 12.1. The summed E-state index contributed by atoms with van der Waals surface area (Å²) in [5.74, 6) is -0.112. The average Bonchev–Trinajstić information content (AvgIpc) is 2.54. The minimum atomic E-state index is -0.112. The molecule has 0 heterocycles. The number of hydrogen-bond acceptors (Lipinski definition) is 1. The summed E-state index contributed by atoms with van der Waals surface area (Å²) in [4.78, 5) is 11.7. The van der Waals surface area contributed by atoms with Crippen LogP contribution in [0.5, 0.6) is 0 Å². The van der Waals surface area contributed by atoms with E-state index in [-0.39, 0.29) is 5.91 Å². The number of hydrogen-bond donors (Lipinski definition) is 1. The molecule has 0 bridgehead atoms. The van der Waals surface area contributed by atoms with Crippen LogP contribution in [0.3, 0.4) is 0 Å². The minimum Gasteiger partial charge on any atom is -0.353 e. The molecule has 1 N–H and O–H groups in total. The molecule has 0 spiro atoms. The van der Waals surface area contributed by atoms with E-state index in [1.54, 1.807) is 18.2 Å². The molecular formula is C18H17Cl2NO. The molecule has 1 amide bonds. The first-order valence-corrected chi connectivity index (χ1v) is 7.85. The Hall–Kier alpha value is -1.77. The second-order valence-corrected chi connectivity index (χ2v) is 5.70.